The van der Waals surface area contributed by atoms with Crippen molar-refractivity contribution in [3.8, 4) is 5.75 Å². The summed E-state index contributed by atoms with van der Waals surface area (Å²) < 4.78 is 24.6. The predicted molar refractivity (Wildman–Crippen MR) is 91.5 cm³/mol. The number of halogens is 1. The van der Waals surface area contributed by atoms with Gasteiger partial charge in [-0.05, 0) is 38.7 Å². The van der Waals surface area contributed by atoms with Crippen LogP contribution >= 0.6 is 0 Å². The summed E-state index contributed by atoms with van der Waals surface area (Å²) in [4.78, 5) is 11.9. The molecule has 2 N–H and O–H groups in total. The lowest BCUT2D eigenvalue weighted by molar-refractivity contribution is -0.151. The van der Waals surface area contributed by atoms with Crippen LogP contribution in [-0.2, 0) is 9.53 Å². The highest BCUT2D eigenvalue weighted by molar-refractivity contribution is 5.75. The van der Waals surface area contributed by atoms with E-state index in [2.05, 4.69) is 0 Å². The van der Waals surface area contributed by atoms with Gasteiger partial charge >= 0.3 is 5.97 Å². The van der Waals surface area contributed by atoms with E-state index in [-0.39, 0.29) is 17.8 Å². The molecule has 0 saturated heterocycles. The number of hydrogen-bond donors (Lipinski definition) is 1. The van der Waals surface area contributed by atoms with Gasteiger partial charge in [0.05, 0.1) is 7.11 Å². The van der Waals surface area contributed by atoms with Crippen LogP contribution in [0.4, 0.5) is 4.39 Å². The van der Waals surface area contributed by atoms with Crippen LogP contribution in [0, 0.1) is 11.7 Å². The van der Waals surface area contributed by atoms with E-state index in [1.165, 1.54) is 38.5 Å². The minimum absolute atomic E-state index is 0.0245. The maximum absolute atomic E-state index is 13.6. The second kappa shape index (κ2) is 8.47. The van der Waals surface area contributed by atoms with Crippen LogP contribution in [0.1, 0.15) is 57.4 Å². The summed E-state index contributed by atoms with van der Waals surface area (Å²) >= 11 is 0. The SMILES string of the molecule is COc1cc(F)ccc1[C@@H](C1CCCCC1)[C@H](C)OC(=O)[C@H](C)N. The summed E-state index contributed by atoms with van der Waals surface area (Å²) in [6.07, 6.45) is 5.37. The van der Waals surface area contributed by atoms with Crippen molar-refractivity contribution >= 4 is 5.97 Å². The first-order valence-corrected chi connectivity index (χ1v) is 8.73. The van der Waals surface area contributed by atoms with Gasteiger partial charge in [0.2, 0.25) is 0 Å². The Labute approximate surface area is 143 Å². The average molecular weight is 337 g/mol. The van der Waals surface area contributed by atoms with E-state index >= 15 is 0 Å². The zero-order valence-electron chi connectivity index (χ0n) is 14.8. The predicted octanol–water partition coefficient (Wildman–Crippen LogP) is 3.78. The molecule has 134 valence electrons. The number of ether oxygens (including phenoxy) is 2. The molecule has 24 heavy (non-hydrogen) atoms. The Morgan fingerprint density at radius 1 is 1.25 bits per heavy atom. The van der Waals surface area contributed by atoms with Crippen molar-refractivity contribution in [2.75, 3.05) is 7.11 Å². The molecule has 1 saturated carbocycles. The summed E-state index contributed by atoms with van der Waals surface area (Å²) in [6, 6.07) is 3.93. The number of methoxy groups -OCH3 is 1. The average Bonchev–Trinajstić information content (AvgIpc) is 2.57. The van der Waals surface area contributed by atoms with Crippen LogP contribution in [0.25, 0.3) is 0 Å². The van der Waals surface area contributed by atoms with Gasteiger partial charge < -0.3 is 15.2 Å². The molecule has 0 bridgehead atoms. The smallest absolute Gasteiger partial charge is 0.322 e. The topological polar surface area (TPSA) is 61.5 Å². The molecule has 0 heterocycles. The molecular formula is C19H28FNO3. The Morgan fingerprint density at radius 2 is 1.92 bits per heavy atom. The van der Waals surface area contributed by atoms with E-state index in [0.29, 0.717) is 11.7 Å². The largest absolute Gasteiger partial charge is 0.496 e. The van der Waals surface area contributed by atoms with Crippen LogP contribution in [0.2, 0.25) is 0 Å². The first-order chi connectivity index (χ1) is 11.4. The molecule has 1 aliphatic rings. The molecule has 0 aromatic heterocycles. The molecular weight excluding hydrogens is 309 g/mol. The first-order valence-electron chi connectivity index (χ1n) is 8.73. The van der Waals surface area contributed by atoms with Crippen molar-refractivity contribution in [3.05, 3.63) is 29.6 Å². The van der Waals surface area contributed by atoms with Gasteiger partial charge in [0, 0.05) is 17.5 Å². The zero-order chi connectivity index (χ0) is 17.7. The summed E-state index contributed by atoms with van der Waals surface area (Å²) in [7, 11) is 1.54. The standard InChI is InChI=1S/C19H28FNO3/c1-12(21)19(22)24-13(2)18(14-7-5-4-6-8-14)16-10-9-15(20)11-17(16)23-3/h9-14,18H,4-8,21H2,1-3H3/t12-,13-,18+/m0/s1. The fraction of sp³-hybridized carbons (Fsp3) is 0.632. The maximum atomic E-state index is 13.6. The minimum atomic E-state index is -0.658. The monoisotopic (exact) mass is 337 g/mol. The van der Waals surface area contributed by atoms with Gasteiger partial charge in [-0.1, -0.05) is 25.3 Å². The van der Waals surface area contributed by atoms with Gasteiger partial charge in [-0.15, -0.1) is 0 Å². The highest BCUT2D eigenvalue weighted by atomic mass is 19.1. The van der Waals surface area contributed by atoms with Gasteiger partial charge in [-0.2, -0.15) is 0 Å². The molecule has 1 fully saturated rings. The van der Waals surface area contributed by atoms with Gasteiger partial charge in [-0.25, -0.2) is 4.39 Å². The number of rotatable bonds is 6. The van der Waals surface area contributed by atoms with Crippen molar-refractivity contribution in [1.82, 2.24) is 0 Å². The van der Waals surface area contributed by atoms with E-state index in [4.69, 9.17) is 15.2 Å². The van der Waals surface area contributed by atoms with Crippen molar-refractivity contribution in [3.63, 3.8) is 0 Å². The normalized spacial score (nSPS) is 19.4. The highest BCUT2D eigenvalue weighted by Crippen LogP contribution is 2.42. The van der Waals surface area contributed by atoms with Crippen molar-refractivity contribution < 1.29 is 18.7 Å². The molecule has 0 spiro atoms. The molecule has 0 amide bonds. The van der Waals surface area contributed by atoms with Crippen LogP contribution in [0.15, 0.2) is 18.2 Å². The quantitative estimate of drug-likeness (QED) is 0.803. The second-order valence-electron chi connectivity index (χ2n) is 6.74. The number of hydrogen-bond acceptors (Lipinski definition) is 4. The lowest BCUT2D eigenvalue weighted by atomic mass is 9.74. The zero-order valence-corrected chi connectivity index (χ0v) is 14.8. The van der Waals surface area contributed by atoms with Gasteiger partial charge in [0.15, 0.2) is 0 Å². The maximum Gasteiger partial charge on any atom is 0.322 e. The first kappa shape index (κ1) is 18.7. The van der Waals surface area contributed by atoms with Gasteiger partial charge in [0.25, 0.3) is 0 Å². The lowest BCUT2D eigenvalue weighted by Crippen LogP contribution is -2.36. The van der Waals surface area contributed by atoms with E-state index in [0.717, 1.165) is 18.4 Å². The Hall–Kier alpha value is -1.62. The van der Waals surface area contributed by atoms with E-state index in [9.17, 15) is 9.18 Å². The third-order valence-electron chi connectivity index (χ3n) is 4.89. The summed E-state index contributed by atoms with van der Waals surface area (Å²) in [5.41, 5.74) is 6.53. The number of esters is 1. The molecule has 0 unspecified atom stereocenters. The van der Waals surface area contributed by atoms with E-state index in [1.54, 1.807) is 13.0 Å². The van der Waals surface area contributed by atoms with Crippen LogP contribution in [0.5, 0.6) is 5.75 Å². The summed E-state index contributed by atoms with van der Waals surface area (Å²) in [5, 5.41) is 0. The van der Waals surface area contributed by atoms with E-state index in [1.807, 2.05) is 6.92 Å². The van der Waals surface area contributed by atoms with Crippen LogP contribution in [0.3, 0.4) is 0 Å². The second-order valence-corrected chi connectivity index (χ2v) is 6.74. The molecule has 0 radical (unpaired) electrons. The number of carbonyl (C=O) groups is 1. The molecule has 1 aliphatic carbocycles. The van der Waals surface area contributed by atoms with Crippen LogP contribution < -0.4 is 10.5 Å². The van der Waals surface area contributed by atoms with Gasteiger partial charge in [-0.3, -0.25) is 4.79 Å². The Bertz CT molecular complexity index is 556. The molecule has 4 nitrogen and oxygen atoms in total. The number of nitrogens with two attached hydrogens (primary N) is 1. The van der Waals surface area contributed by atoms with Crippen molar-refractivity contribution in [2.45, 2.75) is 64.0 Å². The minimum Gasteiger partial charge on any atom is -0.496 e. The fourth-order valence-corrected chi connectivity index (χ4v) is 3.71. The number of benzene rings is 1. The summed E-state index contributed by atoms with van der Waals surface area (Å²) in [6.45, 7) is 3.51. The molecule has 1 aromatic rings. The third kappa shape index (κ3) is 4.47. The summed E-state index contributed by atoms with van der Waals surface area (Å²) in [5.74, 6) is 0.120. The Kier molecular flexibility index (Phi) is 6.60. The molecule has 1 aromatic carbocycles. The van der Waals surface area contributed by atoms with Crippen LogP contribution in [-0.4, -0.2) is 25.2 Å². The fourth-order valence-electron chi connectivity index (χ4n) is 3.71. The molecule has 0 aliphatic heterocycles. The molecule has 2 rings (SSSR count). The van der Waals surface area contributed by atoms with Crippen molar-refractivity contribution in [2.24, 2.45) is 11.7 Å². The Morgan fingerprint density at radius 3 is 2.50 bits per heavy atom. The third-order valence-corrected chi connectivity index (χ3v) is 4.89. The Balaban J connectivity index is 2.33. The number of carbonyl (C=O) groups excluding carboxylic acids is 1. The lowest BCUT2D eigenvalue weighted by Gasteiger charge is -2.35. The van der Waals surface area contributed by atoms with Crippen molar-refractivity contribution in [1.29, 1.82) is 0 Å². The van der Waals surface area contributed by atoms with E-state index < -0.39 is 12.0 Å². The molecule has 5 heteroatoms. The van der Waals surface area contributed by atoms with Gasteiger partial charge in [0.1, 0.15) is 23.7 Å². The highest BCUT2D eigenvalue weighted by Gasteiger charge is 2.34. The molecule has 3 atom stereocenters.